The summed E-state index contributed by atoms with van der Waals surface area (Å²) in [6.07, 6.45) is 0.781. The maximum Gasteiger partial charge on any atom is 0.225 e. The first-order valence-corrected chi connectivity index (χ1v) is 7.10. The van der Waals surface area contributed by atoms with Crippen LogP contribution in [0.3, 0.4) is 0 Å². The summed E-state index contributed by atoms with van der Waals surface area (Å²) in [5, 5.41) is 6.41. The van der Waals surface area contributed by atoms with Crippen LogP contribution in [0.5, 0.6) is 0 Å². The van der Waals surface area contributed by atoms with Gasteiger partial charge in [-0.3, -0.25) is 4.79 Å². The molecule has 0 aliphatic carbocycles. The lowest BCUT2D eigenvalue weighted by Gasteiger charge is -2.32. The van der Waals surface area contributed by atoms with E-state index >= 15 is 0 Å². The molecule has 110 valence electrons. The lowest BCUT2D eigenvalue weighted by molar-refractivity contribution is -0.126. The van der Waals surface area contributed by atoms with Crippen molar-refractivity contribution in [2.75, 3.05) is 19.0 Å². The van der Waals surface area contributed by atoms with Crippen molar-refractivity contribution in [1.29, 1.82) is 0 Å². The van der Waals surface area contributed by atoms with E-state index in [9.17, 15) is 4.79 Å². The van der Waals surface area contributed by atoms with Crippen molar-refractivity contribution in [2.45, 2.75) is 38.8 Å². The number of carbonyl (C=O) groups excluding carboxylic acids is 1. The maximum absolute atomic E-state index is 12.4. The van der Waals surface area contributed by atoms with Crippen LogP contribution in [0.4, 0.5) is 5.69 Å². The van der Waals surface area contributed by atoms with E-state index in [0.717, 1.165) is 12.1 Å². The Labute approximate surface area is 120 Å². The number of ether oxygens (including phenoxy) is 1. The van der Waals surface area contributed by atoms with Gasteiger partial charge in [0, 0.05) is 25.4 Å². The highest BCUT2D eigenvalue weighted by atomic mass is 16.5. The van der Waals surface area contributed by atoms with Crippen LogP contribution in [0.25, 0.3) is 0 Å². The smallest absolute Gasteiger partial charge is 0.225 e. The lowest BCUT2D eigenvalue weighted by atomic mass is 9.87. The Morgan fingerprint density at radius 1 is 1.45 bits per heavy atom. The van der Waals surface area contributed by atoms with Crippen LogP contribution in [0.2, 0.25) is 0 Å². The average molecular weight is 276 g/mol. The van der Waals surface area contributed by atoms with Crippen LogP contribution in [0.15, 0.2) is 24.3 Å². The third-order valence-corrected chi connectivity index (χ3v) is 4.02. The largest absolute Gasteiger partial charge is 0.382 e. The van der Waals surface area contributed by atoms with Crippen LogP contribution in [0.1, 0.15) is 26.3 Å². The summed E-state index contributed by atoms with van der Waals surface area (Å²) in [4.78, 5) is 12.4. The zero-order valence-corrected chi connectivity index (χ0v) is 12.7. The lowest BCUT2D eigenvalue weighted by Crippen LogP contribution is -2.47. The molecule has 2 rings (SSSR count). The Morgan fingerprint density at radius 2 is 2.15 bits per heavy atom. The van der Waals surface area contributed by atoms with Crippen LogP contribution >= 0.6 is 0 Å². The molecular weight excluding hydrogens is 252 g/mol. The van der Waals surface area contributed by atoms with Gasteiger partial charge in [-0.25, -0.2) is 0 Å². The number of benzene rings is 1. The van der Waals surface area contributed by atoms with Gasteiger partial charge in [0.2, 0.25) is 5.91 Å². The fraction of sp³-hybridized carbons (Fsp3) is 0.562. The molecule has 0 bridgehead atoms. The topological polar surface area (TPSA) is 50.4 Å². The highest BCUT2D eigenvalue weighted by molar-refractivity contribution is 5.81. The van der Waals surface area contributed by atoms with E-state index in [-0.39, 0.29) is 23.5 Å². The number of hydrogen-bond donors (Lipinski definition) is 2. The summed E-state index contributed by atoms with van der Waals surface area (Å²) in [6.45, 7) is 6.51. The molecule has 0 saturated heterocycles. The van der Waals surface area contributed by atoms with E-state index in [4.69, 9.17) is 4.74 Å². The fourth-order valence-electron chi connectivity index (χ4n) is 2.42. The molecule has 1 aromatic rings. The molecule has 2 N–H and O–H groups in total. The zero-order chi connectivity index (χ0) is 14.8. The van der Waals surface area contributed by atoms with E-state index in [1.807, 2.05) is 26.0 Å². The van der Waals surface area contributed by atoms with Crippen molar-refractivity contribution >= 4 is 11.6 Å². The zero-order valence-electron chi connectivity index (χ0n) is 12.7. The number of amides is 1. The molecule has 1 amide bonds. The molecule has 1 heterocycles. The second kappa shape index (κ2) is 5.83. The number of nitrogens with one attached hydrogen (secondary N) is 2. The number of methoxy groups -OCH3 is 1. The average Bonchev–Trinajstić information content (AvgIpc) is 2.44. The van der Waals surface area contributed by atoms with Crippen LogP contribution in [-0.4, -0.2) is 31.2 Å². The summed E-state index contributed by atoms with van der Waals surface area (Å²) < 4.78 is 5.33. The maximum atomic E-state index is 12.4. The SMILES string of the molecule is COC(C)(C)CNC(=O)C1Cc2ccccc2NC1C. The highest BCUT2D eigenvalue weighted by Gasteiger charge is 2.31. The quantitative estimate of drug-likeness (QED) is 0.886. The van der Waals surface area contributed by atoms with Gasteiger partial charge in [0.1, 0.15) is 0 Å². The van der Waals surface area contributed by atoms with Gasteiger partial charge < -0.3 is 15.4 Å². The van der Waals surface area contributed by atoms with Crippen LogP contribution < -0.4 is 10.6 Å². The molecule has 4 heteroatoms. The second-order valence-electron chi connectivity index (χ2n) is 6.08. The Hall–Kier alpha value is -1.55. The molecule has 0 fully saturated rings. The predicted octanol–water partition coefficient (Wildman–Crippen LogP) is 2.20. The van der Waals surface area contributed by atoms with Crippen molar-refractivity contribution in [3.63, 3.8) is 0 Å². The third kappa shape index (κ3) is 3.31. The standard InChI is InChI=1S/C16H24N2O2/c1-11-13(15(19)17-10-16(2,3)20-4)9-12-7-5-6-8-14(12)18-11/h5-8,11,13,18H,9-10H2,1-4H3,(H,17,19). The number of fused-ring (bicyclic) bond motifs is 1. The number of carbonyl (C=O) groups is 1. The molecule has 0 aromatic heterocycles. The highest BCUT2D eigenvalue weighted by Crippen LogP contribution is 2.28. The minimum Gasteiger partial charge on any atom is -0.382 e. The summed E-state index contributed by atoms with van der Waals surface area (Å²) >= 11 is 0. The predicted molar refractivity (Wildman–Crippen MR) is 80.8 cm³/mol. The molecule has 0 saturated carbocycles. The van der Waals surface area contributed by atoms with Gasteiger partial charge in [-0.05, 0) is 38.8 Å². The Balaban J connectivity index is 2.01. The van der Waals surface area contributed by atoms with Crippen molar-refractivity contribution in [3.8, 4) is 0 Å². The summed E-state index contributed by atoms with van der Waals surface area (Å²) in [5.74, 6) is 0.0437. The van der Waals surface area contributed by atoms with Crippen molar-refractivity contribution in [2.24, 2.45) is 5.92 Å². The van der Waals surface area contributed by atoms with E-state index in [0.29, 0.717) is 6.54 Å². The molecule has 2 atom stereocenters. The fourth-order valence-corrected chi connectivity index (χ4v) is 2.42. The third-order valence-electron chi connectivity index (χ3n) is 4.02. The van der Waals surface area contributed by atoms with Gasteiger partial charge in [-0.2, -0.15) is 0 Å². The first-order chi connectivity index (χ1) is 9.43. The monoisotopic (exact) mass is 276 g/mol. The molecule has 0 spiro atoms. The minimum atomic E-state index is -0.334. The van der Waals surface area contributed by atoms with Gasteiger partial charge in [-0.1, -0.05) is 18.2 Å². The summed E-state index contributed by atoms with van der Waals surface area (Å²) in [5.41, 5.74) is 2.01. The molecule has 1 aliphatic rings. The van der Waals surface area contributed by atoms with Crippen LogP contribution in [0, 0.1) is 5.92 Å². The van der Waals surface area contributed by atoms with Gasteiger partial charge in [0.05, 0.1) is 11.5 Å². The van der Waals surface area contributed by atoms with Gasteiger partial charge >= 0.3 is 0 Å². The summed E-state index contributed by atoms with van der Waals surface area (Å²) in [7, 11) is 1.66. The number of hydrogen-bond acceptors (Lipinski definition) is 3. The molecule has 20 heavy (non-hydrogen) atoms. The molecule has 1 aliphatic heterocycles. The number of anilines is 1. The van der Waals surface area contributed by atoms with Crippen molar-refractivity contribution < 1.29 is 9.53 Å². The number of para-hydroxylation sites is 1. The Bertz CT molecular complexity index is 485. The van der Waals surface area contributed by atoms with Gasteiger partial charge in [0.15, 0.2) is 0 Å². The molecule has 2 unspecified atom stereocenters. The van der Waals surface area contributed by atoms with Gasteiger partial charge in [-0.15, -0.1) is 0 Å². The Kier molecular flexibility index (Phi) is 4.33. The minimum absolute atomic E-state index is 0.0439. The second-order valence-corrected chi connectivity index (χ2v) is 6.08. The molecular formula is C16H24N2O2. The van der Waals surface area contributed by atoms with Crippen LogP contribution in [-0.2, 0) is 16.0 Å². The summed E-state index contributed by atoms with van der Waals surface area (Å²) in [6, 6.07) is 8.30. The Morgan fingerprint density at radius 3 is 2.85 bits per heavy atom. The van der Waals surface area contributed by atoms with E-state index in [2.05, 4.69) is 29.7 Å². The van der Waals surface area contributed by atoms with E-state index in [1.165, 1.54) is 5.56 Å². The number of rotatable bonds is 4. The van der Waals surface area contributed by atoms with E-state index < -0.39 is 0 Å². The van der Waals surface area contributed by atoms with Crippen molar-refractivity contribution in [3.05, 3.63) is 29.8 Å². The normalized spacial score (nSPS) is 21.8. The van der Waals surface area contributed by atoms with E-state index in [1.54, 1.807) is 7.11 Å². The van der Waals surface area contributed by atoms with Crippen molar-refractivity contribution in [1.82, 2.24) is 5.32 Å². The molecule has 4 nitrogen and oxygen atoms in total. The first kappa shape index (κ1) is 14.9. The van der Waals surface area contributed by atoms with Gasteiger partial charge in [0.25, 0.3) is 0 Å². The first-order valence-electron chi connectivity index (χ1n) is 7.10. The molecule has 1 aromatic carbocycles. The molecule has 0 radical (unpaired) electrons.